The van der Waals surface area contributed by atoms with Gasteiger partial charge in [0, 0.05) is 11.8 Å². The van der Waals surface area contributed by atoms with E-state index in [0.29, 0.717) is 0 Å². The van der Waals surface area contributed by atoms with E-state index in [4.69, 9.17) is 28.7 Å². The van der Waals surface area contributed by atoms with Gasteiger partial charge in [-0.05, 0) is 135 Å². The van der Waals surface area contributed by atoms with Gasteiger partial charge >= 0.3 is 48.5 Å². The molecule has 0 aromatic heterocycles. The van der Waals surface area contributed by atoms with Gasteiger partial charge in [-0.1, -0.05) is 102 Å². The number of carbonyl (C=O) groups excluding carboxylic acids is 8. The number of hydrogen-bond acceptors (Lipinski definition) is 20. The second kappa shape index (κ2) is 34.4. The van der Waals surface area contributed by atoms with Crippen LogP contribution in [0.4, 0.5) is 19.2 Å². The summed E-state index contributed by atoms with van der Waals surface area (Å²) in [5.74, 6) is -5.99. The molecule has 0 radical (unpaired) electrons. The van der Waals surface area contributed by atoms with E-state index in [1.54, 1.807) is 48.5 Å². The van der Waals surface area contributed by atoms with E-state index in [1.807, 2.05) is 0 Å². The Hall–Kier alpha value is -8.16. The summed E-state index contributed by atoms with van der Waals surface area (Å²) in [5, 5.41) is 0. The average molecular weight is 1060 g/mol. The number of benzene rings is 4. The maximum absolute atomic E-state index is 12.8. The number of aryl methyl sites for hydroxylation is 4. The maximum Gasteiger partial charge on any atom is 0.549 e. The zero-order chi connectivity index (χ0) is 54.9. The number of ether oxygens (including phenoxy) is 4. The van der Waals surface area contributed by atoms with Crippen LogP contribution in [-0.4, -0.2) is 74.9 Å². The number of carbonyl (C=O) groups is 8. The Morgan fingerprint density at radius 3 is 0.763 bits per heavy atom. The van der Waals surface area contributed by atoms with Crippen LogP contribution in [-0.2, 0) is 83.7 Å². The predicted octanol–water partition coefficient (Wildman–Crippen LogP) is 12.1. The lowest BCUT2D eigenvalue weighted by molar-refractivity contribution is -0.208. The largest absolute Gasteiger partial charge is 0.549 e. The van der Waals surface area contributed by atoms with Gasteiger partial charge in [0.15, 0.2) is 0 Å². The quantitative estimate of drug-likeness (QED) is 0.0233. The zero-order valence-electron chi connectivity index (χ0n) is 43.3. The lowest BCUT2D eigenvalue weighted by Gasteiger charge is -2.25. The van der Waals surface area contributed by atoms with Crippen LogP contribution in [0.3, 0.4) is 0 Å². The number of hydrogen-bond donors (Lipinski definition) is 0. The monoisotopic (exact) mass is 1060 g/mol. The first kappa shape index (κ1) is 60.4. The van der Waals surface area contributed by atoms with Gasteiger partial charge in [0.25, 0.3) is 0 Å². The Bertz CT molecular complexity index is 2260. The summed E-state index contributed by atoms with van der Waals surface area (Å²) in [7, 11) is 0. The molecule has 410 valence electrons. The highest BCUT2D eigenvalue weighted by atomic mass is 17.3. The molecule has 0 aliphatic carbocycles. The summed E-state index contributed by atoms with van der Waals surface area (Å²) in [4.78, 5) is 138. The Morgan fingerprint density at radius 1 is 0.316 bits per heavy atom. The van der Waals surface area contributed by atoms with Crippen molar-refractivity contribution in [3.63, 3.8) is 0 Å². The minimum Gasteiger partial charge on any atom is -0.432 e. The van der Waals surface area contributed by atoms with Gasteiger partial charge in [0.2, 0.25) is 0 Å². The molecular formula is C56H66O20. The Balaban J connectivity index is 1.43. The second-order valence-corrected chi connectivity index (χ2v) is 17.4. The summed E-state index contributed by atoms with van der Waals surface area (Å²) in [5.41, 5.74) is 4.37. The van der Waals surface area contributed by atoms with Crippen molar-refractivity contribution in [2.45, 2.75) is 118 Å². The molecule has 0 saturated heterocycles. The molecule has 0 aliphatic rings. The van der Waals surface area contributed by atoms with Crippen LogP contribution in [0.25, 0.3) is 0 Å². The van der Waals surface area contributed by atoms with Gasteiger partial charge < -0.3 is 18.9 Å². The summed E-state index contributed by atoms with van der Waals surface area (Å²) in [6.07, 6.45) is 4.72. The average Bonchev–Trinajstić information content (AvgIpc) is 3.44. The summed E-state index contributed by atoms with van der Waals surface area (Å²) in [6.45, 7) is 5.97. The molecule has 4 rings (SSSR count). The van der Waals surface area contributed by atoms with Crippen molar-refractivity contribution in [1.82, 2.24) is 0 Å². The first-order valence-corrected chi connectivity index (χ1v) is 25.4. The Kier molecular flexibility index (Phi) is 27.3. The third kappa shape index (κ3) is 22.9. The first-order chi connectivity index (χ1) is 36.8. The minimum atomic E-state index is -1.48. The van der Waals surface area contributed by atoms with Crippen LogP contribution < -0.4 is 0 Å². The minimum absolute atomic E-state index is 0.0841. The molecule has 0 heterocycles. The highest BCUT2D eigenvalue weighted by Gasteiger charge is 2.29. The van der Waals surface area contributed by atoms with E-state index in [1.165, 1.54) is 48.5 Å². The Labute approximate surface area is 441 Å². The molecule has 0 saturated carbocycles. The molecule has 4 aromatic rings. The molecule has 20 heteroatoms. The molecule has 76 heavy (non-hydrogen) atoms. The molecule has 0 N–H and O–H groups in total. The maximum atomic E-state index is 12.8. The highest BCUT2D eigenvalue weighted by Crippen LogP contribution is 2.24. The molecule has 20 nitrogen and oxygen atoms in total. The fourth-order valence-electron chi connectivity index (χ4n) is 7.18. The van der Waals surface area contributed by atoms with E-state index < -0.39 is 86.8 Å². The molecular weight excluding hydrogens is 993 g/mol. The van der Waals surface area contributed by atoms with Crippen LogP contribution in [0.2, 0.25) is 0 Å². The summed E-state index contributed by atoms with van der Waals surface area (Å²) < 4.78 is 20.8. The van der Waals surface area contributed by atoms with Gasteiger partial charge in [-0.3, -0.25) is 0 Å². The van der Waals surface area contributed by atoms with Crippen LogP contribution in [0.5, 0.6) is 0 Å². The SMILES string of the molecule is CCCCc1ccc(C(=O)OOC(=O)OCCC(COC(=O)OOC(=O)c2ccc(CCCC)cc2)C(CCOC(=O)OOC(=O)c2ccc(CCCC)cc2)COC(=O)OOC(=O)c2ccc(CCCC)cc2)cc1. The first-order valence-electron chi connectivity index (χ1n) is 25.4. The highest BCUT2D eigenvalue weighted by molar-refractivity contribution is 5.91. The fraction of sp³-hybridized carbons (Fsp3) is 0.429. The van der Waals surface area contributed by atoms with Crippen LogP contribution >= 0.6 is 0 Å². The van der Waals surface area contributed by atoms with E-state index in [-0.39, 0.29) is 35.1 Å². The Morgan fingerprint density at radius 2 is 0.539 bits per heavy atom. The number of unbranched alkanes of at least 4 members (excludes halogenated alkanes) is 4. The molecule has 0 amide bonds. The fourth-order valence-corrected chi connectivity index (χ4v) is 7.18. The van der Waals surface area contributed by atoms with Crippen molar-refractivity contribution in [3.05, 3.63) is 142 Å². The lowest BCUT2D eigenvalue weighted by Crippen LogP contribution is -2.30. The molecule has 0 aliphatic heterocycles. The zero-order valence-corrected chi connectivity index (χ0v) is 43.3. The van der Waals surface area contributed by atoms with Crippen molar-refractivity contribution < 1.29 is 96.4 Å². The van der Waals surface area contributed by atoms with Crippen LogP contribution in [0, 0.1) is 11.8 Å². The second-order valence-electron chi connectivity index (χ2n) is 17.4. The molecule has 2 atom stereocenters. The summed E-state index contributed by atoms with van der Waals surface area (Å²) in [6, 6.07) is 26.0. The smallest absolute Gasteiger partial charge is 0.432 e. The predicted molar refractivity (Wildman–Crippen MR) is 268 cm³/mol. The van der Waals surface area contributed by atoms with Gasteiger partial charge in [-0.25, -0.2) is 58.3 Å². The van der Waals surface area contributed by atoms with E-state index in [9.17, 15) is 38.4 Å². The third-order valence-electron chi connectivity index (χ3n) is 11.7. The molecule has 2 unspecified atom stereocenters. The van der Waals surface area contributed by atoms with Crippen molar-refractivity contribution >= 4 is 48.5 Å². The van der Waals surface area contributed by atoms with Gasteiger partial charge in [0.1, 0.15) is 0 Å². The van der Waals surface area contributed by atoms with Gasteiger partial charge in [0.05, 0.1) is 48.7 Å². The van der Waals surface area contributed by atoms with E-state index >= 15 is 0 Å². The van der Waals surface area contributed by atoms with Gasteiger partial charge in [-0.15, -0.1) is 0 Å². The van der Waals surface area contributed by atoms with Crippen LogP contribution in [0.1, 0.15) is 156 Å². The molecule has 0 spiro atoms. The van der Waals surface area contributed by atoms with Crippen molar-refractivity contribution in [1.29, 1.82) is 0 Å². The van der Waals surface area contributed by atoms with E-state index in [2.05, 4.69) is 57.0 Å². The standard InChI is InChI=1S/C56H66O20/c1-5-9-13-39-17-25-43(26-18-39)49(57)69-73-53(61)65-35-33-47(37-67-55(63)75-71-51(59)45-29-21-41(22-30-45)15-11-7-3)48(38-68-56(64)76-72-52(60)46-31-23-42(24-32-46)16-12-8-4)34-36-66-54(62)74-70-50(58)44-27-19-40(20-28-44)14-10-6-2/h17-32,47-48H,5-16,33-38H2,1-4H3. The third-order valence-corrected chi connectivity index (χ3v) is 11.7. The van der Waals surface area contributed by atoms with Crippen molar-refractivity contribution in [2.24, 2.45) is 11.8 Å². The number of rotatable bonds is 27. The van der Waals surface area contributed by atoms with Gasteiger partial charge in [-0.2, -0.15) is 19.2 Å². The van der Waals surface area contributed by atoms with Crippen molar-refractivity contribution in [3.8, 4) is 0 Å². The molecule has 4 aromatic carbocycles. The molecule has 0 fully saturated rings. The lowest BCUT2D eigenvalue weighted by atomic mass is 9.88. The molecule has 0 bridgehead atoms. The summed E-state index contributed by atoms with van der Waals surface area (Å²) >= 11 is 0. The van der Waals surface area contributed by atoms with E-state index in [0.717, 1.165) is 99.3 Å². The van der Waals surface area contributed by atoms with Crippen LogP contribution in [0.15, 0.2) is 97.1 Å². The normalized spacial score (nSPS) is 11.4. The van der Waals surface area contributed by atoms with Crippen molar-refractivity contribution in [2.75, 3.05) is 26.4 Å². The topological polar surface area (TPSA) is 247 Å².